The number of carboxylic acid groups (broad SMARTS) is 1. The molecule has 8 nitrogen and oxygen atoms in total. The molecule has 0 atom stereocenters. The number of carbonyl (C=O) groups is 2. The minimum atomic E-state index is -1.28. The molecule has 9 heteroatoms. The molecule has 4 rings (SSSR count). The lowest BCUT2D eigenvalue weighted by molar-refractivity contribution is -0.134. The number of Topliss-reactive ketones (excluding diaryl/α,β-unsaturated/α-hetero) is 1. The van der Waals surface area contributed by atoms with Gasteiger partial charge in [0.1, 0.15) is 11.4 Å². The molecule has 36 heavy (non-hydrogen) atoms. The second-order valence-electron chi connectivity index (χ2n) is 8.97. The number of aliphatic carboxylic acids is 1. The van der Waals surface area contributed by atoms with E-state index in [0.29, 0.717) is 31.0 Å². The van der Waals surface area contributed by atoms with E-state index in [2.05, 4.69) is 34.3 Å². The predicted molar refractivity (Wildman–Crippen MR) is 140 cm³/mol. The van der Waals surface area contributed by atoms with Crippen molar-refractivity contribution in [2.24, 2.45) is 5.10 Å². The van der Waals surface area contributed by atoms with Crippen LogP contribution in [0.5, 0.6) is 0 Å². The van der Waals surface area contributed by atoms with Crippen molar-refractivity contribution < 1.29 is 19.1 Å². The SMILES string of the molecule is CCN(/C=C(\C(C)=O)C(=O)O)c1ccc(F)c(N2CCN(Cc3ccc(N4CCC=N4)cc3)CC2)c1. The van der Waals surface area contributed by atoms with Gasteiger partial charge in [-0.25, -0.2) is 9.18 Å². The third-order valence-electron chi connectivity index (χ3n) is 6.54. The van der Waals surface area contributed by atoms with E-state index >= 15 is 0 Å². The van der Waals surface area contributed by atoms with Crippen LogP contribution in [-0.4, -0.2) is 67.2 Å². The highest BCUT2D eigenvalue weighted by Gasteiger charge is 2.22. The van der Waals surface area contributed by atoms with E-state index < -0.39 is 11.8 Å². The van der Waals surface area contributed by atoms with E-state index in [0.717, 1.165) is 38.3 Å². The van der Waals surface area contributed by atoms with Gasteiger partial charge in [-0.2, -0.15) is 5.10 Å². The van der Waals surface area contributed by atoms with Crippen LogP contribution in [0.2, 0.25) is 0 Å². The maximum Gasteiger partial charge on any atom is 0.340 e. The number of rotatable bonds is 9. The van der Waals surface area contributed by atoms with Crippen LogP contribution in [0.3, 0.4) is 0 Å². The van der Waals surface area contributed by atoms with Gasteiger partial charge in [-0.1, -0.05) is 12.1 Å². The molecule has 0 radical (unpaired) electrons. The van der Waals surface area contributed by atoms with Gasteiger partial charge in [0.05, 0.1) is 11.4 Å². The molecule has 2 aromatic carbocycles. The van der Waals surface area contributed by atoms with Crippen LogP contribution < -0.4 is 14.8 Å². The van der Waals surface area contributed by atoms with E-state index in [4.69, 9.17) is 0 Å². The van der Waals surface area contributed by atoms with Crippen molar-refractivity contribution in [2.75, 3.05) is 54.1 Å². The third-order valence-corrected chi connectivity index (χ3v) is 6.54. The Morgan fingerprint density at radius 2 is 1.81 bits per heavy atom. The van der Waals surface area contributed by atoms with Gasteiger partial charge < -0.3 is 14.9 Å². The molecule has 2 aliphatic heterocycles. The number of hydrogen-bond donors (Lipinski definition) is 1. The zero-order chi connectivity index (χ0) is 25.7. The quantitative estimate of drug-likeness (QED) is 0.324. The average Bonchev–Trinajstić information content (AvgIpc) is 3.41. The van der Waals surface area contributed by atoms with Crippen LogP contribution in [0.1, 0.15) is 25.8 Å². The van der Waals surface area contributed by atoms with Crippen LogP contribution in [0.4, 0.5) is 21.5 Å². The fourth-order valence-electron chi connectivity index (χ4n) is 4.49. The topological polar surface area (TPSA) is 79.7 Å². The molecule has 0 saturated carbocycles. The molecular formula is C27H32FN5O3. The highest BCUT2D eigenvalue weighted by molar-refractivity contribution is 6.15. The standard InChI is InChI=1S/C27H32FN5O3/c1-3-31(19-24(20(2)34)27(35)36)23-9-10-25(28)26(17-23)32-15-13-30(14-16-32)18-21-5-7-22(8-6-21)33-12-4-11-29-33/h5-11,17,19H,3-4,12-16,18H2,1-2H3,(H,35,36)/b24-19+. The summed E-state index contributed by atoms with van der Waals surface area (Å²) in [5.41, 5.74) is 3.14. The first-order valence-electron chi connectivity index (χ1n) is 12.2. The van der Waals surface area contributed by atoms with Gasteiger partial charge >= 0.3 is 5.97 Å². The lowest BCUT2D eigenvalue weighted by Crippen LogP contribution is -2.46. The van der Waals surface area contributed by atoms with Crippen molar-refractivity contribution in [3.05, 3.63) is 65.6 Å². The number of ketones is 1. The van der Waals surface area contributed by atoms with Gasteiger partial charge in [-0.15, -0.1) is 0 Å². The van der Waals surface area contributed by atoms with E-state index in [1.54, 1.807) is 17.0 Å². The normalized spacial score (nSPS) is 16.5. The van der Waals surface area contributed by atoms with E-state index in [1.165, 1.54) is 24.8 Å². The number of benzene rings is 2. The molecule has 1 N–H and O–H groups in total. The summed E-state index contributed by atoms with van der Waals surface area (Å²) in [6.45, 7) is 8.21. The zero-order valence-electron chi connectivity index (χ0n) is 20.7. The Balaban J connectivity index is 1.40. The van der Waals surface area contributed by atoms with Gasteiger partial charge in [0.2, 0.25) is 0 Å². The van der Waals surface area contributed by atoms with Gasteiger partial charge in [-0.3, -0.25) is 14.7 Å². The Morgan fingerprint density at radius 1 is 1.08 bits per heavy atom. The summed E-state index contributed by atoms with van der Waals surface area (Å²) in [6, 6.07) is 13.2. The van der Waals surface area contributed by atoms with Crippen LogP contribution >= 0.6 is 0 Å². The van der Waals surface area contributed by atoms with Crippen molar-refractivity contribution in [1.29, 1.82) is 0 Å². The molecule has 2 heterocycles. The summed E-state index contributed by atoms with van der Waals surface area (Å²) in [7, 11) is 0. The molecule has 0 unspecified atom stereocenters. The molecule has 190 valence electrons. The van der Waals surface area contributed by atoms with E-state index in [-0.39, 0.29) is 11.4 Å². The predicted octanol–water partition coefficient (Wildman–Crippen LogP) is 3.73. The molecule has 0 bridgehead atoms. The lowest BCUT2D eigenvalue weighted by atomic mass is 10.1. The second-order valence-corrected chi connectivity index (χ2v) is 8.97. The number of carbonyl (C=O) groups excluding carboxylic acids is 1. The number of halogens is 1. The summed E-state index contributed by atoms with van der Waals surface area (Å²) in [4.78, 5) is 29.2. The number of carboxylic acids is 1. The van der Waals surface area contributed by atoms with Crippen LogP contribution in [-0.2, 0) is 16.1 Å². The first-order valence-corrected chi connectivity index (χ1v) is 12.2. The van der Waals surface area contributed by atoms with Crippen molar-refractivity contribution >= 4 is 35.0 Å². The summed E-state index contributed by atoms with van der Waals surface area (Å²) >= 11 is 0. The third kappa shape index (κ3) is 5.91. The minimum absolute atomic E-state index is 0.308. The van der Waals surface area contributed by atoms with E-state index in [9.17, 15) is 19.1 Å². The summed E-state index contributed by atoms with van der Waals surface area (Å²) in [6.07, 6.45) is 4.23. The molecule has 2 aliphatic rings. The minimum Gasteiger partial charge on any atom is -0.478 e. The van der Waals surface area contributed by atoms with Crippen molar-refractivity contribution in [3.63, 3.8) is 0 Å². The van der Waals surface area contributed by atoms with Crippen LogP contribution in [0.15, 0.2) is 59.3 Å². The molecule has 0 spiro atoms. The number of anilines is 3. The summed E-state index contributed by atoms with van der Waals surface area (Å²) in [5, 5.41) is 15.7. The molecule has 0 aliphatic carbocycles. The van der Waals surface area contributed by atoms with Gasteiger partial charge in [0, 0.05) is 70.3 Å². The Kier molecular flexibility index (Phi) is 8.00. The Morgan fingerprint density at radius 3 is 2.39 bits per heavy atom. The van der Waals surface area contributed by atoms with E-state index in [1.807, 2.05) is 23.0 Å². The summed E-state index contributed by atoms with van der Waals surface area (Å²) < 4.78 is 14.8. The van der Waals surface area contributed by atoms with Gasteiger partial charge in [0.25, 0.3) is 0 Å². The molecule has 0 amide bonds. The lowest BCUT2D eigenvalue weighted by Gasteiger charge is -2.36. The van der Waals surface area contributed by atoms with Crippen molar-refractivity contribution in [3.8, 4) is 0 Å². The zero-order valence-corrected chi connectivity index (χ0v) is 20.7. The molecule has 1 saturated heterocycles. The Labute approximate surface area is 210 Å². The molecule has 1 fully saturated rings. The smallest absolute Gasteiger partial charge is 0.340 e. The van der Waals surface area contributed by atoms with Crippen molar-refractivity contribution in [2.45, 2.75) is 26.8 Å². The Hall–Kier alpha value is -3.72. The fourth-order valence-corrected chi connectivity index (χ4v) is 4.49. The molecule has 2 aromatic rings. The monoisotopic (exact) mass is 493 g/mol. The van der Waals surface area contributed by atoms with Gasteiger partial charge in [-0.05, 0) is 49.7 Å². The molecular weight excluding hydrogens is 461 g/mol. The number of nitrogens with zero attached hydrogens (tertiary/aromatic N) is 5. The Bertz CT molecular complexity index is 1140. The number of piperazine rings is 1. The van der Waals surface area contributed by atoms with Gasteiger partial charge in [0.15, 0.2) is 5.78 Å². The number of hydrazone groups is 1. The maximum absolute atomic E-state index is 14.8. The first-order chi connectivity index (χ1) is 17.4. The highest BCUT2D eigenvalue weighted by Crippen LogP contribution is 2.28. The number of hydrogen-bond acceptors (Lipinski definition) is 7. The summed E-state index contributed by atoms with van der Waals surface area (Å²) in [5.74, 6) is -2.13. The van der Waals surface area contributed by atoms with Crippen molar-refractivity contribution in [1.82, 2.24) is 4.90 Å². The highest BCUT2D eigenvalue weighted by atomic mass is 19.1. The molecule has 0 aromatic heterocycles. The van der Waals surface area contributed by atoms with Crippen LogP contribution in [0.25, 0.3) is 0 Å². The average molecular weight is 494 g/mol. The maximum atomic E-state index is 14.8. The first kappa shape index (κ1) is 25.4. The largest absolute Gasteiger partial charge is 0.478 e. The van der Waals surface area contributed by atoms with Crippen LogP contribution in [0, 0.1) is 5.82 Å². The fraction of sp³-hybridized carbons (Fsp3) is 0.370. The second kappa shape index (κ2) is 11.3.